The third-order valence-electron chi connectivity index (χ3n) is 4.15. The van der Waals surface area contributed by atoms with Crippen molar-refractivity contribution in [3.05, 3.63) is 83.9 Å². The Morgan fingerprint density at radius 3 is 1.89 bits per heavy atom. The summed E-state index contributed by atoms with van der Waals surface area (Å²) in [4.78, 5) is 25.0. The molecule has 3 N–H and O–H groups in total. The Hall–Kier alpha value is -3.80. The first-order valence-corrected chi connectivity index (χ1v) is 8.23. The van der Waals surface area contributed by atoms with Crippen LogP contribution in [0.2, 0.25) is 0 Å². The van der Waals surface area contributed by atoms with Gasteiger partial charge in [0.15, 0.2) is 0 Å². The molecule has 0 fully saturated rings. The monoisotopic (exact) mass is 362 g/mol. The molecule has 0 atom stereocenters. The number of hydrogen-bond donors (Lipinski definition) is 3. The Morgan fingerprint density at radius 1 is 0.815 bits per heavy atom. The average molecular weight is 362 g/mol. The Morgan fingerprint density at radius 2 is 1.33 bits per heavy atom. The van der Waals surface area contributed by atoms with Gasteiger partial charge in [0.05, 0.1) is 22.5 Å². The van der Waals surface area contributed by atoms with E-state index in [0.717, 1.165) is 11.4 Å². The van der Waals surface area contributed by atoms with Crippen molar-refractivity contribution < 1.29 is 19.8 Å². The zero-order valence-corrected chi connectivity index (χ0v) is 14.6. The van der Waals surface area contributed by atoms with Gasteiger partial charge in [0.25, 0.3) is 0 Å². The SMILES string of the molecule is CN(c1ccccc1)c1cc(C(=O)O)c(C(=O)O)cc1Nc1ccccc1. The number of aromatic carboxylic acids is 2. The second-order valence-corrected chi connectivity index (χ2v) is 5.91. The Bertz CT molecular complexity index is 972. The lowest BCUT2D eigenvalue weighted by molar-refractivity contribution is 0.0651. The number of anilines is 4. The topological polar surface area (TPSA) is 89.9 Å². The van der Waals surface area contributed by atoms with E-state index < -0.39 is 11.9 Å². The number of nitrogens with zero attached hydrogens (tertiary/aromatic N) is 1. The molecule has 0 aliphatic heterocycles. The summed E-state index contributed by atoms with van der Waals surface area (Å²) in [6.07, 6.45) is 0. The maximum Gasteiger partial charge on any atom is 0.336 e. The number of hydrogen-bond acceptors (Lipinski definition) is 4. The summed E-state index contributed by atoms with van der Waals surface area (Å²) in [6.45, 7) is 0. The van der Waals surface area contributed by atoms with Gasteiger partial charge in [-0.15, -0.1) is 0 Å². The molecule has 136 valence electrons. The van der Waals surface area contributed by atoms with Crippen molar-refractivity contribution in [3.8, 4) is 0 Å². The number of carbonyl (C=O) groups is 2. The lowest BCUT2D eigenvalue weighted by atomic mass is 10.0. The van der Waals surface area contributed by atoms with E-state index in [2.05, 4.69) is 5.32 Å². The molecule has 0 unspecified atom stereocenters. The van der Waals surface area contributed by atoms with Gasteiger partial charge in [0, 0.05) is 18.4 Å². The second kappa shape index (κ2) is 7.61. The molecule has 3 aromatic carbocycles. The van der Waals surface area contributed by atoms with Crippen molar-refractivity contribution in [1.29, 1.82) is 0 Å². The molecule has 0 aliphatic rings. The number of carboxylic acid groups (broad SMARTS) is 2. The first-order valence-electron chi connectivity index (χ1n) is 8.23. The third-order valence-corrected chi connectivity index (χ3v) is 4.15. The molecule has 0 bridgehead atoms. The molecule has 0 saturated heterocycles. The molecule has 27 heavy (non-hydrogen) atoms. The molecule has 0 radical (unpaired) electrons. The molecule has 0 saturated carbocycles. The summed E-state index contributed by atoms with van der Waals surface area (Å²) in [7, 11) is 1.80. The lowest BCUT2D eigenvalue weighted by Gasteiger charge is -2.24. The van der Waals surface area contributed by atoms with Gasteiger partial charge in [-0.1, -0.05) is 36.4 Å². The van der Waals surface area contributed by atoms with Gasteiger partial charge in [-0.05, 0) is 36.4 Å². The normalized spacial score (nSPS) is 10.3. The molecule has 3 aromatic rings. The molecule has 0 spiro atoms. The Kier molecular flexibility index (Phi) is 5.08. The van der Waals surface area contributed by atoms with Gasteiger partial charge < -0.3 is 20.4 Å². The minimum Gasteiger partial charge on any atom is -0.478 e. The fourth-order valence-electron chi connectivity index (χ4n) is 2.79. The van der Waals surface area contributed by atoms with Crippen molar-refractivity contribution in [2.75, 3.05) is 17.3 Å². The summed E-state index contributed by atoms with van der Waals surface area (Å²) in [6, 6.07) is 21.4. The summed E-state index contributed by atoms with van der Waals surface area (Å²) < 4.78 is 0. The van der Waals surface area contributed by atoms with Gasteiger partial charge in [-0.2, -0.15) is 0 Å². The van der Waals surface area contributed by atoms with E-state index in [9.17, 15) is 19.8 Å². The highest BCUT2D eigenvalue weighted by Crippen LogP contribution is 2.35. The van der Waals surface area contributed by atoms with Crippen LogP contribution < -0.4 is 10.2 Å². The molecule has 6 nitrogen and oxygen atoms in total. The predicted octanol–water partition coefficient (Wildman–Crippen LogP) is 4.59. The van der Waals surface area contributed by atoms with Crippen LogP contribution in [-0.2, 0) is 0 Å². The predicted molar refractivity (Wildman–Crippen MR) is 105 cm³/mol. The number of para-hydroxylation sites is 2. The quantitative estimate of drug-likeness (QED) is 0.594. The highest BCUT2D eigenvalue weighted by atomic mass is 16.4. The summed E-state index contributed by atoms with van der Waals surface area (Å²) in [5.74, 6) is -2.58. The van der Waals surface area contributed by atoms with Gasteiger partial charge in [0.2, 0.25) is 0 Å². The average Bonchev–Trinajstić information content (AvgIpc) is 2.68. The third kappa shape index (κ3) is 3.90. The summed E-state index contributed by atoms with van der Waals surface area (Å²) >= 11 is 0. The standard InChI is InChI=1S/C21H18N2O4/c1-23(15-10-6-3-7-11-15)19-13-17(21(26)27)16(20(24)25)12-18(19)22-14-8-4-2-5-9-14/h2-13,22H,1H3,(H,24,25)(H,26,27). The number of carboxylic acids is 2. The maximum absolute atomic E-state index is 11.6. The van der Waals surface area contributed by atoms with Crippen LogP contribution in [0.15, 0.2) is 72.8 Å². The first kappa shape index (κ1) is 18.0. The van der Waals surface area contributed by atoms with Crippen molar-refractivity contribution in [3.63, 3.8) is 0 Å². The molecule has 0 heterocycles. The molecular weight excluding hydrogens is 344 g/mol. The van der Waals surface area contributed by atoms with Crippen LogP contribution in [0.1, 0.15) is 20.7 Å². The van der Waals surface area contributed by atoms with Crippen LogP contribution in [0.3, 0.4) is 0 Å². The van der Waals surface area contributed by atoms with Gasteiger partial charge >= 0.3 is 11.9 Å². The fourth-order valence-corrected chi connectivity index (χ4v) is 2.79. The van der Waals surface area contributed by atoms with Crippen molar-refractivity contribution in [1.82, 2.24) is 0 Å². The van der Waals surface area contributed by atoms with Crippen LogP contribution in [-0.4, -0.2) is 29.2 Å². The van der Waals surface area contributed by atoms with Crippen LogP contribution in [0.4, 0.5) is 22.7 Å². The van der Waals surface area contributed by atoms with Crippen molar-refractivity contribution in [2.24, 2.45) is 0 Å². The molecule has 3 rings (SSSR count). The first-order chi connectivity index (χ1) is 13.0. The summed E-state index contributed by atoms with van der Waals surface area (Å²) in [5.41, 5.74) is 2.11. The van der Waals surface area contributed by atoms with Crippen molar-refractivity contribution >= 4 is 34.7 Å². The largest absolute Gasteiger partial charge is 0.478 e. The van der Waals surface area contributed by atoms with Crippen LogP contribution in [0.25, 0.3) is 0 Å². The van der Waals surface area contributed by atoms with E-state index in [1.807, 2.05) is 65.6 Å². The molecule has 0 aromatic heterocycles. The fraction of sp³-hybridized carbons (Fsp3) is 0.0476. The highest BCUT2D eigenvalue weighted by Gasteiger charge is 2.21. The number of benzene rings is 3. The van der Waals surface area contributed by atoms with Gasteiger partial charge in [0.1, 0.15) is 0 Å². The van der Waals surface area contributed by atoms with Crippen LogP contribution in [0, 0.1) is 0 Å². The Labute approximate surface area is 156 Å². The summed E-state index contributed by atoms with van der Waals surface area (Å²) in [5, 5.41) is 22.1. The van der Waals surface area contributed by atoms with E-state index in [1.165, 1.54) is 12.1 Å². The van der Waals surface area contributed by atoms with E-state index >= 15 is 0 Å². The zero-order chi connectivity index (χ0) is 19.4. The molecule has 6 heteroatoms. The number of rotatable bonds is 6. The van der Waals surface area contributed by atoms with E-state index in [-0.39, 0.29) is 11.1 Å². The van der Waals surface area contributed by atoms with Gasteiger partial charge in [-0.3, -0.25) is 0 Å². The van der Waals surface area contributed by atoms with E-state index in [4.69, 9.17) is 0 Å². The van der Waals surface area contributed by atoms with Crippen LogP contribution in [0.5, 0.6) is 0 Å². The van der Waals surface area contributed by atoms with Crippen LogP contribution >= 0.6 is 0 Å². The maximum atomic E-state index is 11.6. The molecule has 0 aliphatic carbocycles. The van der Waals surface area contributed by atoms with Crippen molar-refractivity contribution in [2.45, 2.75) is 0 Å². The number of nitrogens with one attached hydrogen (secondary N) is 1. The van der Waals surface area contributed by atoms with E-state index in [0.29, 0.717) is 11.4 Å². The minimum absolute atomic E-state index is 0.265. The highest BCUT2D eigenvalue weighted by molar-refractivity contribution is 6.04. The molecule has 0 amide bonds. The zero-order valence-electron chi connectivity index (χ0n) is 14.6. The lowest BCUT2D eigenvalue weighted by Crippen LogP contribution is -2.15. The smallest absolute Gasteiger partial charge is 0.336 e. The van der Waals surface area contributed by atoms with Gasteiger partial charge in [-0.25, -0.2) is 9.59 Å². The second-order valence-electron chi connectivity index (χ2n) is 5.91. The molecular formula is C21H18N2O4. The van der Waals surface area contributed by atoms with E-state index in [1.54, 1.807) is 7.05 Å². The minimum atomic E-state index is -1.29. The Balaban J connectivity index is 2.17.